The lowest BCUT2D eigenvalue weighted by Gasteiger charge is -2.34. The number of piperazine rings is 1. The Bertz CT molecular complexity index is 936. The van der Waals surface area contributed by atoms with Crippen LogP contribution in [-0.2, 0) is 10.0 Å². The lowest BCUT2D eigenvalue weighted by atomic mass is 10.0. The van der Waals surface area contributed by atoms with E-state index >= 15 is 0 Å². The van der Waals surface area contributed by atoms with Crippen molar-refractivity contribution in [2.24, 2.45) is 0 Å². The van der Waals surface area contributed by atoms with Crippen molar-refractivity contribution in [1.29, 1.82) is 0 Å². The largest absolute Gasteiger partial charge is 0.336 e. The zero-order chi connectivity index (χ0) is 18.9. The van der Waals surface area contributed by atoms with Crippen molar-refractivity contribution in [3.8, 4) is 0 Å². The van der Waals surface area contributed by atoms with Crippen molar-refractivity contribution in [2.45, 2.75) is 18.7 Å². The molecule has 0 spiro atoms. The molecule has 0 unspecified atom stereocenters. The number of aryl methyl sites for hydroxylation is 2. The highest BCUT2D eigenvalue weighted by Crippen LogP contribution is 2.21. The highest BCUT2D eigenvalue weighted by atomic mass is 32.2. The molecule has 0 aliphatic carbocycles. The highest BCUT2D eigenvalue weighted by Gasteiger charge is 2.32. The summed E-state index contributed by atoms with van der Waals surface area (Å²) in [7, 11) is -3.90. The normalized spacial score (nSPS) is 15.9. The van der Waals surface area contributed by atoms with E-state index in [4.69, 9.17) is 0 Å². The van der Waals surface area contributed by atoms with Gasteiger partial charge in [0.05, 0.1) is 0 Å². The van der Waals surface area contributed by atoms with Crippen LogP contribution in [0.5, 0.6) is 0 Å². The maximum Gasteiger partial charge on any atom is 0.254 e. The van der Waals surface area contributed by atoms with Crippen molar-refractivity contribution in [2.75, 3.05) is 26.2 Å². The van der Waals surface area contributed by atoms with Gasteiger partial charge in [0.25, 0.3) is 5.91 Å². The van der Waals surface area contributed by atoms with Crippen LogP contribution < -0.4 is 0 Å². The molecule has 0 N–H and O–H groups in total. The number of carbonyl (C=O) groups is 1. The van der Waals surface area contributed by atoms with Crippen LogP contribution in [-0.4, -0.2) is 49.7 Å². The molecule has 0 atom stereocenters. The first-order chi connectivity index (χ1) is 12.3. The standard InChI is InChI=1S/C19H21FN2O3S/c1-14-7-8-15(2)16(13-14)19(23)21-9-11-22(12-10-21)26(24,25)18-6-4-3-5-17(18)20/h3-8,13H,9-12H2,1-2H3. The lowest BCUT2D eigenvalue weighted by molar-refractivity contribution is 0.0697. The minimum absolute atomic E-state index is 0.103. The molecule has 0 bridgehead atoms. The third-order valence-electron chi connectivity index (χ3n) is 4.60. The first-order valence-corrected chi connectivity index (χ1v) is 9.86. The van der Waals surface area contributed by atoms with Gasteiger partial charge >= 0.3 is 0 Å². The Balaban J connectivity index is 1.74. The van der Waals surface area contributed by atoms with Gasteiger partial charge in [-0.25, -0.2) is 12.8 Å². The van der Waals surface area contributed by atoms with Gasteiger partial charge in [-0.2, -0.15) is 4.31 Å². The molecular formula is C19H21FN2O3S. The Labute approximate surface area is 153 Å². The van der Waals surface area contributed by atoms with Crippen molar-refractivity contribution >= 4 is 15.9 Å². The summed E-state index contributed by atoms with van der Waals surface area (Å²) in [5, 5.41) is 0. The number of carbonyl (C=O) groups excluding carboxylic acids is 1. The zero-order valence-electron chi connectivity index (χ0n) is 14.8. The summed E-state index contributed by atoms with van der Waals surface area (Å²) in [6.45, 7) is 4.65. The second-order valence-corrected chi connectivity index (χ2v) is 8.35. The van der Waals surface area contributed by atoms with Crippen molar-refractivity contribution < 1.29 is 17.6 Å². The molecule has 0 radical (unpaired) electrons. The number of hydrogen-bond acceptors (Lipinski definition) is 3. The number of sulfonamides is 1. The van der Waals surface area contributed by atoms with Crippen molar-refractivity contribution in [3.05, 3.63) is 65.0 Å². The van der Waals surface area contributed by atoms with E-state index < -0.39 is 15.8 Å². The topological polar surface area (TPSA) is 57.7 Å². The van der Waals surface area contributed by atoms with Crippen LogP contribution in [0.3, 0.4) is 0 Å². The van der Waals surface area contributed by atoms with Crippen LogP contribution in [0.15, 0.2) is 47.4 Å². The molecule has 1 aliphatic rings. The molecule has 138 valence electrons. The molecule has 2 aromatic carbocycles. The van der Waals surface area contributed by atoms with Gasteiger partial charge < -0.3 is 4.90 Å². The molecule has 1 heterocycles. The summed E-state index contributed by atoms with van der Waals surface area (Å²) in [5.74, 6) is -0.865. The molecule has 5 nitrogen and oxygen atoms in total. The van der Waals surface area contributed by atoms with E-state index in [1.54, 1.807) is 4.90 Å². The predicted octanol–water partition coefficient (Wildman–Crippen LogP) is 2.59. The molecule has 2 aromatic rings. The Morgan fingerprint density at radius 3 is 2.31 bits per heavy atom. The Morgan fingerprint density at radius 1 is 1.00 bits per heavy atom. The third kappa shape index (κ3) is 3.50. The minimum Gasteiger partial charge on any atom is -0.336 e. The third-order valence-corrected chi connectivity index (χ3v) is 6.54. The van der Waals surface area contributed by atoms with Crippen molar-refractivity contribution in [3.63, 3.8) is 0 Å². The lowest BCUT2D eigenvalue weighted by Crippen LogP contribution is -2.50. The summed E-state index contributed by atoms with van der Waals surface area (Å²) in [5.41, 5.74) is 2.53. The Kier molecular flexibility index (Phi) is 5.11. The molecule has 1 saturated heterocycles. The van der Waals surface area contributed by atoms with E-state index in [0.717, 1.165) is 17.2 Å². The second kappa shape index (κ2) is 7.17. The summed E-state index contributed by atoms with van der Waals surface area (Å²) in [4.78, 5) is 14.1. The summed E-state index contributed by atoms with van der Waals surface area (Å²) in [6.07, 6.45) is 0. The van der Waals surface area contributed by atoms with E-state index in [1.807, 2.05) is 32.0 Å². The van der Waals surface area contributed by atoms with Crippen LogP contribution in [0.1, 0.15) is 21.5 Å². The fraction of sp³-hybridized carbons (Fsp3) is 0.316. The predicted molar refractivity (Wildman–Crippen MR) is 97.0 cm³/mol. The minimum atomic E-state index is -3.90. The molecule has 0 saturated carbocycles. The van der Waals surface area contributed by atoms with E-state index in [2.05, 4.69) is 0 Å². The van der Waals surface area contributed by atoms with Crippen LogP contribution in [0.25, 0.3) is 0 Å². The van der Waals surface area contributed by atoms with Gasteiger partial charge in [-0.15, -0.1) is 0 Å². The summed E-state index contributed by atoms with van der Waals surface area (Å²) < 4.78 is 40.4. The van der Waals surface area contributed by atoms with Gasteiger partial charge in [0, 0.05) is 31.7 Å². The smallest absolute Gasteiger partial charge is 0.254 e. The molecular weight excluding hydrogens is 355 g/mol. The quantitative estimate of drug-likeness (QED) is 0.827. The Morgan fingerprint density at radius 2 is 1.65 bits per heavy atom. The average Bonchev–Trinajstić information content (AvgIpc) is 2.63. The van der Waals surface area contributed by atoms with Crippen LogP contribution >= 0.6 is 0 Å². The van der Waals surface area contributed by atoms with E-state index in [0.29, 0.717) is 5.56 Å². The number of halogens is 1. The van der Waals surface area contributed by atoms with Crippen LogP contribution in [0, 0.1) is 19.7 Å². The fourth-order valence-corrected chi connectivity index (χ4v) is 4.55. The molecule has 7 heteroatoms. The maximum atomic E-state index is 13.9. The fourth-order valence-electron chi connectivity index (χ4n) is 3.06. The Hall–Kier alpha value is -2.25. The van der Waals surface area contributed by atoms with E-state index in [1.165, 1.54) is 22.5 Å². The SMILES string of the molecule is Cc1ccc(C)c(C(=O)N2CCN(S(=O)(=O)c3ccccc3F)CC2)c1. The monoisotopic (exact) mass is 376 g/mol. The van der Waals surface area contributed by atoms with Gasteiger partial charge in [-0.1, -0.05) is 29.8 Å². The van der Waals surface area contributed by atoms with Crippen LogP contribution in [0.4, 0.5) is 4.39 Å². The first-order valence-electron chi connectivity index (χ1n) is 8.42. The maximum absolute atomic E-state index is 13.9. The zero-order valence-corrected chi connectivity index (χ0v) is 15.6. The second-order valence-electron chi connectivity index (χ2n) is 6.45. The number of benzene rings is 2. The number of hydrogen-bond donors (Lipinski definition) is 0. The van der Waals surface area contributed by atoms with Gasteiger partial charge in [0.2, 0.25) is 10.0 Å². The van der Waals surface area contributed by atoms with Gasteiger partial charge in [-0.3, -0.25) is 4.79 Å². The van der Waals surface area contributed by atoms with Gasteiger partial charge in [0.1, 0.15) is 10.7 Å². The molecule has 1 aliphatic heterocycles. The van der Waals surface area contributed by atoms with Gasteiger partial charge in [0.15, 0.2) is 0 Å². The number of nitrogens with zero attached hydrogens (tertiary/aromatic N) is 2. The number of rotatable bonds is 3. The molecule has 1 fully saturated rings. The van der Waals surface area contributed by atoms with Crippen molar-refractivity contribution in [1.82, 2.24) is 9.21 Å². The first kappa shape index (κ1) is 18.5. The molecule has 26 heavy (non-hydrogen) atoms. The summed E-state index contributed by atoms with van der Waals surface area (Å²) in [6, 6.07) is 11.0. The average molecular weight is 376 g/mol. The van der Waals surface area contributed by atoms with E-state index in [-0.39, 0.29) is 37.0 Å². The van der Waals surface area contributed by atoms with E-state index in [9.17, 15) is 17.6 Å². The van der Waals surface area contributed by atoms with Gasteiger partial charge in [-0.05, 0) is 37.6 Å². The van der Waals surface area contributed by atoms with Crippen LogP contribution in [0.2, 0.25) is 0 Å². The molecule has 1 amide bonds. The molecule has 3 rings (SSSR count). The highest BCUT2D eigenvalue weighted by molar-refractivity contribution is 7.89. The number of amides is 1. The molecule has 0 aromatic heterocycles. The summed E-state index contributed by atoms with van der Waals surface area (Å²) >= 11 is 0.